The molecule has 1 rings (SSSR count). The molecule has 1 heterocycles. The molecule has 1 atom stereocenters. The molecule has 0 spiro atoms. The quantitative estimate of drug-likeness (QED) is 0.643. The van der Waals surface area contributed by atoms with E-state index in [0.29, 0.717) is 19.1 Å². The van der Waals surface area contributed by atoms with Gasteiger partial charge >= 0.3 is 5.97 Å². The average molecular weight is 215 g/mol. The molecule has 4 nitrogen and oxygen atoms in total. The predicted molar refractivity (Wildman–Crippen MR) is 57.7 cm³/mol. The lowest BCUT2D eigenvalue weighted by Gasteiger charge is -2.33. The summed E-state index contributed by atoms with van der Waals surface area (Å²) in [6.45, 7) is 7.83. The second-order valence-corrected chi connectivity index (χ2v) is 3.72. The number of rotatable bonds is 5. The minimum absolute atomic E-state index is 0.0872. The monoisotopic (exact) mass is 215 g/mol. The zero-order valence-corrected chi connectivity index (χ0v) is 9.70. The van der Waals surface area contributed by atoms with Crippen molar-refractivity contribution in [3.63, 3.8) is 0 Å². The second kappa shape index (κ2) is 6.80. The molecule has 0 aromatic carbocycles. The molecule has 0 aromatic heterocycles. The lowest BCUT2D eigenvalue weighted by Crippen LogP contribution is -2.44. The molecule has 1 aliphatic heterocycles. The Kier molecular flexibility index (Phi) is 5.65. The molecule has 0 amide bonds. The SMILES string of the molecule is CCOC(=O)CC(CC)N1CCOCC1. The maximum Gasteiger partial charge on any atom is 0.307 e. The number of morpholine rings is 1. The van der Waals surface area contributed by atoms with Gasteiger partial charge < -0.3 is 9.47 Å². The molecule has 15 heavy (non-hydrogen) atoms. The van der Waals surface area contributed by atoms with Crippen LogP contribution < -0.4 is 0 Å². The molecule has 1 saturated heterocycles. The topological polar surface area (TPSA) is 38.8 Å². The minimum Gasteiger partial charge on any atom is -0.466 e. The van der Waals surface area contributed by atoms with E-state index in [1.165, 1.54) is 0 Å². The van der Waals surface area contributed by atoms with Gasteiger partial charge in [0.1, 0.15) is 0 Å². The van der Waals surface area contributed by atoms with E-state index in [9.17, 15) is 4.79 Å². The minimum atomic E-state index is -0.0872. The van der Waals surface area contributed by atoms with Crippen LogP contribution in [0, 0.1) is 0 Å². The van der Waals surface area contributed by atoms with E-state index in [4.69, 9.17) is 9.47 Å². The van der Waals surface area contributed by atoms with Crippen LogP contribution in [-0.4, -0.2) is 49.8 Å². The van der Waals surface area contributed by atoms with Gasteiger partial charge in [0.2, 0.25) is 0 Å². The van der Waals surface area contributed by atoms with Gasteiger partial charge in [-0.25, -0.2) is 0 Å². The number of nitrogens with zero attached hydrogens (tertiary/aromatic N) is 1. The summed E-state index contributed by atoms with van der Waals surface area (Å²) >= 11 is 0. The normalized spacial score (nSPS) is 19.9. The number of carbonyl (C=O) groups excluding carboxylic acids is 1. The molecule has 88 valence electrons. The van der Waals surface area contributed by atoms with Gasteiger partial charge in [-0.2, -0.15) is 0 Å². The molecule has 1 fully saturated rings. The van der Waals surface area contributed by atoms with E-state index in [1.54, 1.807) is 0 Å². The maximum absolute atomic E-state index is 11.4. The van der Waals surface area contributed by atoms with E-state index >= 15 is 0 Å². The summed E-state index contributed by atoms with van der Waals surface area (Å²) in [5.74, 6) is -0.0872. The Hall–Kier alpha value is -0.610. The summed E-state index contributed by atoms with van der Waals surface area (Å²) < 4.78 is 10.3. The van der Waals surface area contributed by atoms with Crippen LogP contribution in [0.1, 0.15) is 26.7 Å². The highest BCUT2D eigenvalue weighted by Gasteiger charge is 2.22. The molecule has 1 unspecified atom stereocenters. The van der Waals surface area contributed by atoms with Crippen molar-refractivity contribution in [1.29, 1.82) is 0 Å². The van der Waals surface area contributed by atoms with Crippen LogP contribution in [0.5, 0.6) is 0 Å². The van der Waals surface area contributed by atoms with Crippen molar-refractivity contribution in [3.05, 3.63) is 0 Å². The molecule has 0 radical (unpaired) electrons. The first-order valence-corrected chi connectivity index (χ1v) is 5.75. The summed E-state index contributed by atoms with van der Waals surface area (Å²) in [6, 6.07) is 0.313. The third-order valence-electron chi connectivity index (χ3n) is 2.74. The van der Waals surface area contributed by atoms with Crippen LogP contribution in [0.3, 0.4) is 0 Å². The molecule has 0 bridgehead atoms. The first kappa shape index (κ1) is 12.5. The molecular weight excluding hydrogens is 194 g/mol. The van der Waals surface area contributed by atoms with Crippen LogP contribution in [-0.2, 0) is 14.3 Å². The van der Waals surface area contributed by atoms with Crippen LogP contribution in [0.25, 0.3) is 0 Å². The number of carbonyl (C=O) groups is 1. The number of hydrogen-bond acceptors (Lipinski definition) is 4. The summed E-state index contributed by atoms with van der Waals surface area (Å²) in [5, 5.41) is 0. The standard InChI is InChI=1S/C11H21NO3/c1-3-10(9-11(13)15-4-2)12-5-7-14-8-6-12/h10H,3-9H2,1-2H3. The van der Waals surface area contributed by atoms with Crippen molar-refractivity contribution in [1.82, 2.24) is 4.90 Å². The summed E-state index contributed by atoms with van der Waals surface area (Å²) in [4.78, 5) is 13.7. The Morgan fingerprint density at radius 2 is 2.07 bits per heavy atom. The zero-order valence-electron chi connectivity index (χ0n) is 9.70. The Labute approximate surface area is 91.5 Å². The third kappa shape index (κ3) is 4.18. The molecular formula is C11H21NO3. The van der Waals surface area contributed by atoms with Gasteiger partial charge in [-0.3, -0.25) is 9.69 Å². The number of hydrogen-bond donors (Lipinski definition) is 0. The van der Waals surface area contributed by atoms with Gasteiger partial charge in [0, 0.05) is 19.1 Å². The second-order valence-electron chi connectivity index (χ2n) is 3.72. The van der Waals surface area contributed by atoms with Crippen molar-refractivity contribution in [2.75, 3.05) is 32.9 Å². The van der Waals surface area contributed by atoms with Crippen LogP contribution >= 0.6 is 0 Å². The molecule has 0 aliphatic carbocycles. The lowest BCUT2D eigenvalue weighted by molar-refractivity contribution is -0.145. The van der Waals surface area contributed by atoms with Gasteiger partial charge in [-0.15, -0.1) is 0 Å². The van der Waals surface area contributed by atoms with E-state index in [-0.39, 0.29) is 5.97 Å². The Morgan fingerprint density at radius 1 is 1.40 bits per heavy atom. The van der Waals surface area contributed by atoms with Gasteiger partial charge in [-0.05, 0) is 13.3 Å². The average Bonchev–Trinajstić information content (AvgIpc) is 2.27. The smallest absolute Gasteiger partial charge is 0.307 e. The first-order chi connectivity index (χ1) is 7.27. The van der Waals surface area contributed by atoms with Gasteiger partial charge in [0.25, 0.3) is 0 Å². The Morgan fingerprint density at radius 3 is 2.60 bits per heavy atom. The van der Waals surface area contributed by atoms with Crippen LogP contribution in [0.15, 0.2) is 0 Å². The molecule has 0 aromatic rings. The third-order valence-corrected chi connectivity index (χ3v) is 2.74. The fourth-order valence-electron chi connectivity index (χ4n) is 1.89. The highest BCUT2D eigenvalue weighted by Crippen LogP contribution is 2.11. The highest BCUT2D eigenvalue weighted by molar-refractivity contribution is 5.70. The highest BCUT2D eigenvalue weighted by atomic mass is 16.5. The van der Waals surface area contributed by atoms with Crippen molar-refractivity contribution in [2.24, 2.45) is 0 Å². The van der Waals surface area contributed by atoms with Crippen molar-refractivity contribution in [3.8, 4) is 0 Å². The fourth-order valence-corrected chi connectivity index (χ4v) is 1.89. The predicted octanol–water partition coefficient (Wildman–Crippen LogP) is 1.05. The largest absolute Gasteiger partial charge is 0.466 e. The van der Waals surface area contributed by atoms with Gasteiger partial charge in [0.05, 0.1) is 26.2 Å². The number of esters is 1. The van der Waals surface area contributed by atoms with Crippen molar-refractivity contribution < 1.29 is 14.3 Å². The van der Waals surface area contributed by atoms with Crippen LogP contribution in [0.4, 0.5) is 0 Å². The molecule has 4 heteroatoms. The van der Waals surface area contributed by atoms with Crippen molar-refractivity contribution in [2.45, 2.75) is 32.7 Å². The molecule has 1 aliphatic rings. The summed E-state index contributed by atoms with van der Waals surface area (Å²) in [5.41, 5.74) is 0. The molecule has 0 saturated carbocycles. The number of ether oxygens (including phenoxy) is 2. The zero-order chi connectivity index (χ0) is 11.1. The summed E-state index contributed by atoms with van der Waals surface area (Å²) in [7, 11) is 0. The molecule has 0 N–H and O–H groups in total. The van der Waals surface area contributed by atoms with E-state index in [2.05, 4.69) is 11.8 Å². The first-order valence-electron chi connectivity index (χ1n) is 5.75. The summed E-state index contributed by atoms with van der Waals surface area (Å²) in [6.07, 6.45) is 1.49. The van der Waals surface area contributed by atoms with Gasteiger partial charge in [0.15, 0.2) is 0 Å². The maximum atomic E-state index is 11.4. The van der Waals surface area contributed by atoms with E-state index in [0.717, 1.165) is 32.7 Å². The lowest BCUT2D eigenvalue weighted by atomic mass is 10.1. The van der Waals surface area contributed by atoms with Crippen molar-refractivity contribution >= 4 is 5.97 Å². The van der Waals surface area contributed by atoms with E-state index < -0.39 is 0 Å². The Balaban J connectivity index is 2.36. The Bertz CT molecular complexity index is 190. The van der Waals surface area contributed by atoms with E-state index in [1.807, 2.05) is 6.92 Å². The fraction of sp³-hybridized carbons (Fsp3) is 0.909. The van der Waals surface area contributed by atoms with Crippen LogP contribution in [0.2, 0.25) is 0 Å². The van der Waals surface area contributed by atoms with Gasteiger partial charge in [-0.1, -0.05) is 6.92 Å².